The Kier molecular flexibility index (Phi) is 6.23. The van der Waals surface area contributed by atoms with E-state index in [4.69, 9.17) is 14.2 Å². The van der Waals surface area contributed by atoms with Crippen molar-refractivity contribution in [1.29, 1.82) is 0 Å². The smallest absolute Gasteiger partial charge is 0.306 e. The van der Waals surface area contributed by atoms with Crippen LogP contribution in [0.3, 0.4) is 0 Å². The Hall–Kier alpha value is -2.25. The predicted molar refractivity (Wildman–Crippen MR) is 104 cm³/mol. The first-order valence-corrected chi connectivity index (χ1v) is 9.82. The van der Waals surface area contributed by atoms with Crippen molar-refractivity contribution in [3.8, 4) is 17.2 Å². The maximum Gasteiger partial charge on any atom is 0.306 e. The lowest BCUT2D eigenvalue weighted by Gasteiger charge is -2.37. The molecular weight excluding hydrogens is 366 g/mol. The van der Waals surface area contributed by atoms with Crippen molar-refractivity contribution in [2.75, 3.05) is 34.4 Å². The molecule has 146 valence electrons. The van der Waals surface area contributed by atoms with Gasteiger partial charge >= 0.3 is 5.97 Å². The first-order valence-electron chi connectivity index (χ1n) is 8.87. The summed E-state index contributed by atoms with van der Waals surface area (Å²) in [5, 5.41) is 13.5. The van der Waals surface area contributed by atoms with Crippen LogP contribution in [0, 0.1) is 5.92 Å². The molecule has 6 nitrogen and oxygen atoms in total. The van der Waals surface area contributed by atoms with E-state index in [0.717, 1.165) is 18.7 Å². The number of carbonyl (C=O) groups is 1. The fraction of sp³-hybridized carbons (Fsp3) is 0.450. The third kappa shape index (κ3) is 4.04. The molecule has 0 bridgehead atoms. The molecule has 1 unspecified atom stereocenters. The van der Waals surface area contributed by atoms with Gasteiger partial charge in [-0.25, -0.2) is 0 Å². The average molecular weight is 391 g/mol. The van der Waals surface area contributed by atoms with Crippen LogP contribution in [0.15, 0.2) is 29.0 Å². The highest BCUT2D eigenvalue weighted by Gasteiger charge is 2.31. The Labute approximate surface area is 163 Å². The molecule has 2 heterocycles. The van der Waals surface area contributed by atoms with Gasteiger partial charge in [0, 0.05) is 0 Å². The lowest BCUT2D eigenvalue weighted by atomic mass is 9.92. The number of ether oxygens (including phenoxy) is 3. The van der Waals surface area contributed by atoms with Crippen LogP contribution in [0.4, 0.5) is 0 Å². The molecule has 27 heavy (non-hydrogen) atoms. The summed E-state index contributed by atoms with van der Waals surface area (Å²) >= 11 is 1.65. The average Bonchev–Trinajstić information content (AvgIpc) is 3.21. The highest BCUT2D eigenvalue weighted by Crippen LogP contribution is 2.43. The summed E-state index contributed by atoms with van der Waals surface area (Å²) in [6.45, 7) is 1.46. The van der Waals surface area contributed by atoms with Gasteiger partial charge in [-0.1, -0.05) is 0 Å². The minimum Gasteiger partial charge on any atom is -0.493 e. The zero-order valence-corrected chi connectivity index (χ0v) is 16.6. The van der Waals surface area contributed by atoms with E-state index in [2.05, 4.69) is 21.7 Å². The molecule has 1 saturated heterocycles. The summed E-state index contributed by atoms with van der Waals surface area (Å²) in [7, 11) is 4.81. The molecule has 1 fully saturated rings. The summed E-state index contributed by atoms with van der Waals surface area (Å²) in [4.78, 5) is 13.6. The van der Waals surface area contributed by atoms with E-state index >= 15 is 0 Å². The molecule has 1 aromatic carbocycles. The molecule has 1 N–H and O–H groups in total. The summed E-state index contributed by atoms with van der Waals surface area (Å²) in [5.41, 5.74) is 2.22. The quantitative estimate of drug-likeness (QED) is 0.777. The Bertz CT molecular complexity index is 744. The maximum atomic E-state index is 11.3. The van der Waals surface area contributed by atoms with Crippen LogP contribution in [-0.2, 0) is 4.79 Å². The monoisotopic (exact) mass is 391 g/mol. The Morgan fingerprint density at radius 1 is 1.11 bits per heavy atom. The van der Waals surface area contributed by atoms with Crippen molar-refractivity contribution in [3.63, 3.8) is 0 Å². The number of carboxylic acids is 1. The van der Waals surface area contributed by atoms with Gasteiger partial charge in [0.1, 0.15) is 0 Å². The minimum absolute atomic E-state index is 0.0136. The molecule has 0 spiro atoms. The molecule has 1 aromatic heterocycles. The fourth-order valence-electron chi connectivity index (χ4n) is 3.71. The molecule has 1 aliphatic rings. The van der Waals surface area contributed by atoms with E-state index < -0.39 is 5.97 Å². The molecule has 0 saturated carbocycles. The maximum absolute atomic E-state index is 11.3. The summed E-state index contributed by atoms with van der Waals surface area (Å²) in [5.74, 6) is 0.844. The van der Waals surface area contributed by atoms with Crippen molar-refractivity contribution >= 4 is 17.3 Å². The van der Waals surface area contributed by atoms with Gasteiger partial charge in [-0.15, -0.1) is 0 Å². The number of nitrogens with zero attached hydrogens (tertiary/aromatic N) is 1. The number of rotatable bonds is 7. The van der Waals surface area contributed by atoms with Gasteiger partial charge in [0.2, 0.25) is 5.75 Å². The highest BCUT2D eigenvalue weighted by molar-refractivity contribution is 7.08. The number of hydrogen-bond donors (Lipinski definition) is 1. The van der Waals surface area contributed by atoms with E-state index in [1.807, 2.05) is 12.1 Å². The largest absolute Gasteiger partial charge is 0.493 e. The molecular formula is C20H25NO5S. The zero-order valence-electron chi connectivity index (χ0n) is 15.8. The second-order valence-corrected chi connectivity index (χ2v) is 7.35. The number of methoxy groups -OCH3 is 3. The van der Waals surface area contributed by atoms with Gasteiger partial charge in [0.25, 0.3) is 0 Å². The third-order valence-corrected chi connectivity index (χ3v) is 5.81. The Balaban J connectivity index is 1.99. The second kappa shape index (κ2) is 8.63. The second-order valence-electron chi connectivity index (χ2n) is 6.57. The lowest BCUT2D eigenvalue weighted by molar-refractivity contribution is -0.143. The Morgan fingerprint density at radius 3 is 2.19 bits per heavy atom. The van der Waals surface area contributed by atoms with Gasteiger partial charge in [-0.3, -0.25) is 9.69 Å². The van der Waals surface area contributed by atoms with Crippen LogP contribution in [0.25, 0.3) is 0 Å². The number of carboxylic acid groups (broad SMARTS) is 1. The molecule has 1 atom stereocenters. The lowest BCUT2D eigenvalue weighted by Crippen LogP contribution is -2.39. The van der Waals surface area contributed by atoms with Crippen LogP contribution in [0.1, 0.15) is 30.0 Å². The number of hydrogen-bond acceptors (Lipinski definition) is 6. The molecule has 0 aliphatic carbocycles. The first-order chi connectivity index (χ1) is 13.1. The SMILES string of the molecule is COc1cc(C(c2ccsc2)N2CCC(C(=O)O)CC2)cc(OC)c1OC. The van der Waals surface area contributed by atoms with Crippen LogP contribution >= 0.6 is 11.3 Å². The minimum atomic E-state index is -0.700. The van der Waals surface area contributed by atoms with Gasteiger partial charge in [0.15, 0.2) is 11.5 Å². The summed E-state index contributed by atoms with van der Waals surface area (Å²) in [6.07, 6.45) is 1.31. The van der Waals surface area contributed by atoms with Gasteiger partial charge in [-0.2, -0.15) is 11.3 Å². The van der Waals surface area contributed by atoms with Crippen LogP contribution in [-0.4, -0.2) is 50.4 Å². The van der Waals surface area contributed by atoms with Crippen LogP contribution in [0.5, 0.6) is 17.2 Å². The van der Waals surface area contributed by atoms with Crippen molar-refractivity contribution < 1.29 is 24.1 Å². The summed E-state index contributed by atoms with van der Waals surface area (Å²) < 4.78 is 16.5. The molecule has 3 rings (SSSR count). The standard InChI is InChI=1S/C20H25NO5S/c1-24-16-10-15(11-17(25-2)19(16)26-3)18(14-6-9-27-12-14)21-7-4-13(5-8-21)20(22)23/h6,9-13,18H,4-5,7-8H2,1-3H3,(H,22,23). The Morgan fingerprint density at radius 2 is 1.74 bits per heavy atom. The number of benzene rings is 1. The van der Waals surface area contributed by atoms with Crippen molar-refractivity contribution in [1.82, 2.24) is 4.90 Å². The zero-order chi connectivity index (χ0) is 19.4. The molecule has 1 aliphatic heterocycles. The normalized spacial score (nSPS) is 16.7. The van der Waals surface area contributed by atoms with Crippen molar-refractivity contribution in [2.24, 2.45) is 5.92 Å². The van der Waals surface area contributed by atoms with Gasteiger partial charge < -0.3 is 19.3 Å². The molecule has 0 amide bonds. The highest BCUT2D eigenvalue weighted by atomic mass is 32.1. The molecule has 0 radical (unpaired) electrons. The first kappa shape index (κ1) is 19.5. The predicted octanol–water partition coefficient (Wildman–Crippen LogP) is 3.66. The third-order valence-electron chi connectivity index (χ3n) is 5.11. The van der Waals surface area contributed by atoms with E-state index in [-0.39, 0.29) is 12.0 Å². The van der Waals surface area contributed by atoms with E-state index in [0.29, 0.717) is 30.1 Å². The van der Waals surface area contributed by atoms with E-state index in [9.17, 15) is 9.90 Å². The van der Waals surface area contributed by atoms with E-state index in [1.54, 1.807) is 32.7 Å². The van der Waals surface area contributed by atoms with E-state index in [1.165, 1.54) is 5.56 Å². The number of thiophene rings is 1. The van der Waals surface area contributed by atoms with Crippen molar-refractivity contribution in [2.45, 2.75) is 18.9 Å². The van der Waals surface area contributed by atoms with Gasteiger partial charge in [-0.05, 0) is 66.0 Å². The van der Waals surface area contributed by atoms with Crippen LogP contribution in [0.2, 0.25) is 0 Å². The topological polar surface area (TPSA) is 68.2 Å². The number of piperidine rings is 1. The number of aliphatic carboxylic acids is 1. The van der Waals surface area contributed by atoms with Crippen molar-refractivity contribution in [3.05, 3.63) is 40.1 Å². The van der Waals surface area contributed by atoms with Gasteiger partial charge in [0.05, 0.1) is 33.3 Å². The molecule has 2 aromatic rings. The van der Waals surface area contributed by atoms with Crippen LogP contribution < -0.4 is 14.2 Å². The number of likely N-dealkylation sites (tertiary alicyclic amines) is 1. The summed E-state index contributed by atoms with van der Waals surface area (Å²) in [6, 6.07) is 6.08. The molecule has 7 heteroatoms. The fourth-order valence-corrected chi connectivity index (χ4v) is 4.39.